The van der Waals surface area contributed by atoms with Gasteiger partial charge in [-0.3, -0.25) is 9.13 Å². The summed E-state index contributed by atoms with van der Waals surface area (Å²) in [6, 6.07) is 12.2. The van der Waals surface area contributed by atoms with Crippen LogP contribution in [0.4, 0.5) is 13.2 Å². The fourth-order valence-corrected chi connectivity index (χ4v) is 3.36. The molecule has 27 heavy (non-hydrogen) atoms. The van der Waals surface area contributed by atoms with Crippen molar-refractivity contribution in [1.82, 2.24) is 14.1 Å². The van der Waals surface area contributed by atoms with Crippen LogP contribution >= 0.6 is 0 Å². The van der Waals surface area contributed by atoms with E-state index in [0.29, 0.717) is 28.0 Å². The molecule has 1 aromatic carbocycles. The van der Waals surface area contributed by atoms with Crippen LogP contribution in [0.2, 0.25) is 0 Å². The molecule has 0 N–H and O–H groups in total. The van der Waals surface area contributed by atoms with Crippen LogP contribution < -0.4 is 5.69 Å². The molecule has 2 heterocycles. The van der Waals surface area contributed by atoms with E-state index in [2.05, 4.69) is 11.1 Å². The van der Waals surface area contributed by atoms with Crippen molar-refractivity contribution in [3.05, 3.63) is 52.4 Å². The zero-order valence-electron chi connectivity index (χ0n) is 14.4. The Morgan fingerprint density at radius 1 is 1.22 bits per heavy atom. The fraction of sp³-hybridized carbons (Fsp3) is 0.316. The third-order valence-corrected chi connectivity index (χ3v) is 5.22. The summed E-state index contributed by atoms with van der Waals surface area (Å²) in [5.74, 6) is 0. The zero-order valence-corrected chi connectivity index (χ0v) is 14.4. The maximum Gasteiger partial charge on any atom is 0.396 e. The number of nitriles is 1. The zero-order chi connectivity index (χ0) is 19.4. The fourth-order valence-electron chi connectivity index (χ4n) is 3.36. The summed E-state index contributed by atoms with van der Waals surface area (Å²) in [6.45, 7) is -0.400. The number of nitrogens with zero attached hydrogens (tertiary/aromatic N) is 4. The van der Waals surface area contributed by atoms with Crippen LogP contribution in [0.5, 0.6) is 0 Å². The van der Waals surface area contributed by atoms with E-state index in [4.69, 9.17) is 0 Å². The molecule has 2 aromatic heterocycles. The van der Waals surface area contributed by atoms with Crippen molar-refractivity contribution in [1.29, 1.82) is 5.26 Å². The third kappa shape index (κ3) is 2.62. The highest BCUT2D eigenvalue weighted by Crippen LogP contribution is 2.58. The minimum Gasteiger partial charge on any atom is -0.289 e. The minimum absolute atomic E-state index is 0.0282. The van der Waals surface area contributed by atoms with Gasteiger partial charge in [0, 0.05) is 19.2 Å². The van der Waals surface area contributed by atoms with E-state index in [9.17, 15) is 23.2 Å². The first-order valence-corrected chi connectivity index (χ1v) is 8.40. The molecule has 4 rings (SSSR count). The number of hydrogen-bond acceptors (Lipinski definition) is 3. The molecule has 3 aromatic rings. The average Bonchev–Trinajstić information content (AvgIpc) is 3.41. The maximum atomic E-state index is 13.3. The number of alkyl halides is 3. The second-order valence-electron chi connectivity index (χ2n) is 6.90. The lowest BCUT2D eigenvalue weighted by Gasteiger charge is -2.19. The predicted octanol–water partition coefficient (Wildman–Crippen LogP) is 3.62. The summed E-state index contributed by atoms with van der Waals surface area (Å²) in [4.78, 5) is 17.0. The Hall–Kier alpha value is -3.08. The first-order chi connectivity index (χ1) is 12.8. The van der Waals surface area contributed by atoms with Crippen molar-refractivity contribution in [2.45, 2.75) is 25.6 Å². The Bertz CT molecular complexity index is 1150. The van der Waals surface area contributed by atoms with Gasteiger partial charge in [0.1, 0.15) is 0 Å². The normalized spacial score (nSPS) is 15.7. The molecule has 1 aliphatic rings. The lowest BCUT2D eigenvalue weighted by Crippen LogP contribution is -2.33. The van der Waals surface area contributed by atoms with Gasteiger partial charge in [-0.05, 0) is 31.0 Å². The Balaban J connectivity index is 1.85. The Morgan fingerprint density at radius 3 is 2.56 bits per heavy atom. The van der Waals surface area contributed by atoms with Crippen LogP contribution in [-0.4, -0.2) is 20.3 Å². The molecular formula is C19H15F3N4O. The second-order valence-corrected chi connectivity index (χ2v) is 6.90. The molecule has 5 nitrogen and oxygen atoms in total. The topological polar surface area (TPSA) is 63.6 Å². The van der Waals surface area contributed by atoms with Gasteiger partial charge in [-0.1, -0.05) is 18.2 Å². The summed E-state index contributed by atoms with van der Waals surface area (Å²) in [6.07, 6.45) is -4.28. The smallest absolute Gasteiger partial charge is 0.289 e. The van der Waals surface area contributed by atoms with Gasteiger partial charge in [0.2, 0.25) is 0 Å². The number of pyridine rings is 1. The molecule has 0 bridgehead atoms. The minimum atomic E-state index is -4.34. The molecule has 0 aliphatic heterocycles. The summed E-state index contributed by atoms with van der Waals surface area (Å²) in [5.41, 5.74) is -0.168. The second kappa shape index (κ2) is 5.71. The number of aryl methyl sites for hydroxylation is 1. The van der Waals surface area contributed by atoms with Crippen LogP contribution in [0.25, 0.3) is 22.4 Å². The number of halogens is 3. The average molecular weight is 372 g/mol. The van der Waals surface area contributed by atoms with Crippen LogP contribution in [0.3, 0.4) is 0 Å². The molecule has 1 fully saturated rings. The van der Waals surface area contributed by atoms with E-state index < -0.39 is 23.8 Å². The van der Waals surface area contributed by atoms with E-state index in [-0.39, 0.29) is 12.8 Å². The van der Waals surface area contributed by atoms with E-state index in [1.54, 1.807) is 36.4 Å². The van der Waals surface area contributed by atoms with Crippen molar-refractivity contribution in [2.24, 2.45) is 12.5 Å². The van der Waals surface area contributed by atoms with Crippen molar-refractivity contribution in [3.8, 4) is 17.3 Å². The largest absolute Gasteiger partial charge is 0.396 e. The molecule has 1 saturated carbocycles. The van der Waals surface area contributed by atoms with Crippen molar-refractivity contribution in [3.63, 3.8) is 0 Å². The highest BCUT2D eigenvalue weighted by Gasteiger charge is 2.63. The number of fused-ring (bicyclic) bond motifs is 1. The van der Waals surface area contributed by atoms with Gasteiger partial charge in [-0.25, -0.2) is 9.78 Å². The lowest BCUT2D eigenvalue weighted by molar-refractivity contribution is -0.190. The number of rotatable bonds is 3. The summed E-state index contributed by atoms with van der Waals surface area (Å²) in [5, 5.41) is 9.26. The number of benzene rings is 1. The van der Waals surface area contributed by atoms with E-state index in [0.717, 1.165) is 4.57 Å². The number of hydrogen-bond donors (Lipinski definition) is 0. The van der Waals surface area contributed by atoms with E-state index >= 15 is 0 Å². The van der Waals surface area contributed by atoms with Crippen molar-refractivity contribution >= 4 is 11.2 Å². The Morgan fingerprint density at radius 2 is 1.93 bits per heavy atom. The van der Waals surface area contributed by atoms with Crippen LogP contribution in [0.15, 0.2) is 41.2 Å². The summed E-state index contributed by atoms with van der Waals surface area (Å²) < 4.78 is 42.4. The Labute approximate surface area is 152 Å². The first kappa shape index (κ1) is 17.3. The Kier molecular flexibility index (Phi) is 3.67. The van der Waals surface area contributed by atoms with E-state index in [1.165, 1.54) is 11.6 Å². The number of aromatic nitrogens is 3. The molecule has 138 valence electrons. The molecule has 0 unspecified atom stereocenters. The third-order valence-electron chi connectivity index (χ3n) is 5.22. The van der Waals surface area contributed by atoms with Gasteiger partial charge in [-0.15, -0.1) is 0 Å². The monoisotopic (exact) mass is 372 g/mol. The molecule has 0 amide bonds. The molecule has 0 atom stereocenters. The van der Waals surface area contributed by atoms with E-state index in [1.807, 2.05) is 0 Å². The maximum absolute atomic E-state index is 13.3. The predicted molar refractivity (Wildman–Crippen MR) is 92.8 cm³/mol. The highest BCUT2D eigenvalue weighted by atomic mass is 19.4. The van der Waals surface area contributed by atoms with Crippen molar-refractivity contribution < 1.29 is 13.2 Å². The van der Waals surface area contributed by atoms with Gasteiger partial charge >= 0.3 is 11.9 Å². The summed E-state index contributed by atoms with van der Waals surface area (Å²) in [7, 11) is 1.49. The number of imidazole rings is 1. The first-order valence-electron chi connectivity index (χ1n) is 8.40. The van der Waals surface area contributed by atoms with Crippen LogP contribution in [-0.2, 0) is 13.6 Å². The van der Waals surface area contributed by atoms with Gasteiger partial charge in [0.25, 0.3) is 0 Å². The summed E-state index contributed by atoms with van der Waals surface area (Å²) >= 11 is 0. The molecule has 8 heteroatoms. The molecule has 0 saturated heterocycles. The van der Waals surface area contributed by atoms with Gasteiger partial charge in [-0.2, -0.15) is 18.4 Å². The molecule has 0 radical (unpaired) electrons. The molecule has 0 spiro atoms. The lowest BCUT2D eigenvalue weighted by atomic mass is 10.0. The van der Waals surface area contributed by atoms with Crippen molar-refractivity contribution in [2.75, 3.05) is 0 Å². The van der Waals surface area contributed by atoms with Crippen LogP contribution in [0, 0.1) is 16.7 Å². The SMILES string of the molecule is Cn1c(=O)n(CC2(C(F)(F)F)CC2)c2ccc(-c3ccccc3C#N)nc21. The standard InChI is InChI=1S/C19H15F3N4O/c1-25-16-15(26(17(25)27)11-18(8-9-18)19(20,21)22)7-6-14(24-16)13-5-3-2-4-12(13)10-23/h2-7H,8-9,11H2,1H3. The van der Waals surface area contributed by atoms with Crippen LogP contribution in [0.1, 0.15) is 18.4 Å². The van der Waals surface area contributed by atoms with Gasteiger partial charge in [0.05, 0.1) is 28.3 Å². The quantitative estimate of drug-likeness (QED) is 0.705. The molecule has 1 aliphatic carbocycles. The highest BCUT2D eigenvalue weighted by molar-refractivity contribution is 5.78. The molecular weight excluding hydrogens is 357 g/mol. The van der Waals surface area contributed by atoms with Gasteiger partial charge < -0.3 is 0 Å². The van der Waals surface area contributed by atoms with Gasteiger partial charge in [0.15, 0.2) is 5.65 Å².